The number of carbonyl (C=O) groups excluding carboxylic acids is 1. The second kappa shape index (κ2) is 8.97. The number of rotatable bonds is 4. The normalized spacial score (nSPS) is 14.1. The molecule has 0 fully saturated rings. The number of hydrogen-bond acceptors (Lipinski definition) is 6. The maximum Gasteiger partial charge on any atom is 0.262 e. The van der Waals surface area contributed by atoms with Crippen molar-refractivity contribution in [2.75, 3.05) is 11.9 Å². The van der Waals surface area contributed by atoms with Crippen molar-refractivity contribution in [1.29, 1.82) is 0 Å². The minimum Gasteiger partial charge on any atom is -0.506 e. The summed E-state index contributed by atoms with van der Waals surface area (Å²) < 4.78 is 8.36. The first-order valence-corrected chi connectivity index (χ1v) is 11.8. The lowest BCUT2D eigenvalue weighted by molar-refractivity contribution is -0.118. The third-order valence-electron chi connectivity index (χ3n) is 4.32. The first-order valence-electron chi connectivity index (χ1n) is 9.35. The predicted octanol–water partition coefficient (Wildman–Crippen LogP) is 4.97. The Balaban J connectivity index is 1.80. The third kappa shape index (κ3) is 4.76. The zero-order chi connectivity index (χ0) is 22.1. The van der Waals surface area contributed by atoms with Crippen LogP contribution in [0.5, 0.6) is 11.5 Å². The van der Waals surface area contributed by atoms with Crippen LogP contribution in [0.25, 0.3) is 11.3 Å². The van der Waals surface area contributed by atoms with Gasteiger partial charge in [-0.3, -0.25) is 9.79 Å². The molecule has 7 nitrogen and oxygen atoms in total. The number of nitrogens with zero attached hydrogens (tertiary/aromatic N) is 3. The number of benzene rings is 2. The number of ether oxygens (including phenoxy) is 1. The minimum absolute atomic E-state index is 0.0181. The van der Waals surface area contributed by atoms with E-state index in [1.54, 1.807) is 23.0 Å². The first kappa shape index (κ1) is 21.8. The average molecular weight is 566 g/mol. The standard InChI is InChI=1S/C21H18Br2N4O3S/c1-11(2)25-21-27(24-8-12-5-14(22)20(29)15(23)6-12)17(10-31-21)13-3-4-18-16(7-13)26-19(28)9-30-18/h3-8,10-11,29H,9H2,1-2H3,(H,26,28). The number of nitrogens with one attached hydrogen (secondary N) is 1. The van der Waals surface area contributed by atoms with Crippen molar-refractivity contribution in [2.24, 2.45) is 10.1 Å². The maximum absolute atomic E-state index is 11.7. The Labute approximate surface area is 199 Å². The molecule has 1 aliphatic heterocycles. The van der Waals surface area contributed by atoms with Gasteiger partial charge in [0.1, 0.15) is 11.5 Å². The highest BCUT2D eigenvalue weighted by Gasteiger charge is 2.18. The van der Waals surface area contributed by atoms with Crippen LogP contribution in [-0.4, -0.2) is 34.6 Å². The molecule has 160 valence electrons. The van der Waals surface area contributed by atoms with Gasteiger partial charge < -0.3 is 15.2 Å². The molecule has 0 aliphatic carbocycles. The second-order valence-electron chi connectivity index (χ2n) is 7.06. The van der Waals surface area contributed by atoms with Crippen molar-refractivity contribution < 1.29 is 14.6 Å². The van der Waals surface area contributed by atoms with Gasteiger partial charge in [0, 0.05) is 17.0 Å². The van der Waals surface area contributed by atoms with Crippen molar-refractivity contribution in [3.05, 3.63) is 55.0 Å². The van der Waals surface area contributed by atoms with Crippen molar-refractivity contribution in [3.8, 4) is 22.8 Å². The van der Waals surface area contributed by atoms with E-state index >= 15 is 0 Å². The molecule has 0 spiro atoms. The van der Waals surface area contributed by atoms with Crippen LogP contribution in [0.2, 0.25) is 0 Å². The van der Waals surface area contributed by atoms with Gasteiger partial charge in [-0.1, -0.05) is 0 Å². The molecule has 0 unspecified atom stereocenters. The number of hydrogen-bond donors (Lipinski definition) is 2. The lowest BCUT2D eigenvalue weighted by atomic mass is 10.1. The SMILES string of the molecule is CC(C)N=c1scc(-c2ccc3c(c2)NC(=O)CO3)n1N=Cc1cc(Br)c(O)c(Br)c1. The van der Waals surface area contributed by atoms with Crippen molar-refractivity contribution >= 4 is 61.0 Å². The number of amides is 1. The molecule has 0 saturated heterocycles. The average Bonchev–Trinajstić information content (AvgIpc) is 3.11. The van der Waals surface area contributed by atoms with E-state index < -0.39 is 0 Å². The van der Waals surface area contributed by atoms with E-state index in [0.29, 0.717) is 20.4 Å². The Morgan fingerprint density at radius 2 is 2.00 bits per heavy atom. The summed E-state index contributed by atoms with van der Waals surface area (Å²) in [5, 5.41) is 19.4. The molecular weight excluding hydrogens is 548 g/mol. The molecule has 2 N–H and O–H groups in total. The molecule has 0 atom stereocenters. The molecular formula is C21H18Br2N4O3S. The summed E-state index contributed by atoms with van der Waals surface area (Å²) in [5.41, 5.74) is 3.13. The van der Waals surface area contributed by atoms with Gasteiger partial charge in [-0.15, -0.1) is 11.3 Å². The number of halogens is 2. The smallest absolute Gasteiger partial charge is 0.262 e. The van der Waals surface area contributed by atoms with E-state index in [1.165, 1.54) is 11.3 Å². The predicted molar refractivity (Wildman–Crippen MR) is 129 cm³/mol. The maximum atomic E-state index is 11.7. The number of aromatic hydroxyl groups is 1. The van der Waals surface area contributed by atoms with Gasteiger partial charge in [0.2, 0.25) is 4.80 Å². The van der Waals surface area contributed by atoms with E-state index in [4.69, 9.17) is 4.74 Å². The second-order valence-corrected chi connectivity index (χ2v) is 9.61. The molecule has 31 heavy (non-hydrogen) atoms. The summed E-state index contributed by atoms with van der Waals surface area (Å²) in [6, 6.07) is 9.29. The van der Waals surface area contributed by atoms with Gasteiger partial charge in [-0.2, -0.15) is 5.10 Å². The van der Waals surface area contributed by atoms with Gasteiger partial charge in [0.05, 0.1) is 26.5 Å². The highest BCUT2D eigenvalue weighted by molar-refractivity contribution is 9.11. The summed E-state index contributed by atoms with van der Waals surface area (Å²) in [4.78, 5) is 17.1. The van der Waals surface area contributed by atoms with Gasteiger partial charge in [-0.05, 0) is 81.6 Å². The van der Waals surface area contributed by atoms with Crippen molar-refractivity contribution in [3.63, 3.8) is 0 Å². The Bertz CT molecular complexity index is 1240. The Hall–Kier alpha value is -2.43. The van der Waals surface area contributed by atoms with Crippen LogP contribution in [0.4, 0.5) is 5.69 Å². The molecule has 0 saturated carbocycles. The Kier molecular flexibility index (Phi) is 6.31. The molecule has 0 radical (unpaired) electrons. The zero-order valence-corrected chi connectivity index (χ0v) is 20.6. The first-order chi connectivity index (χ1) is 14.8. The van der Waals surface area contributed by atoms with Crippen LogP contribution in [0.3, 0.4) is 0 Å². The lowest BCUT2D eigenvalue weighted by Gasteiger charge is -2.18. The van der Waals surface area contributed by atoms with E-state index in [0.717, 1.165) is 21.6 Å². The van der Waals surface area contributed by atoms with Crippen LogP contribution in [0, 0.1) is 0 Å². The van der Waals surface area contributed by atoms with Crippen LogP contribution in [0.1, 0.15) is 19.4 Å². The van der Waals surface area contributed by atoms with E-state index in [-0.39, 0.29) is 24.3 Å². The van der Waals surface area contributed by atoms with Crippen molar-refractivity contribution in [1.82, 2.24) is 4.68 Å². The van der Waals surface area contributed by atoms with E-state index in [9.17, 15) is 9.90 Å². The van der Waals surface area contributed by atoms with Gasteiger partial charge in [0.15, 0.2) is 6.61 Å². The summed E-state index contributed by atoms with van der Waals surface area (Å²) >= 11 is 8.17. The third-order valence-corrected chi connectivity index (χ3v) is 6.36. The fourth-order valence-electron chi connectivity index (χ4n) is 2.95. The lowest BCUT2D eigenvalue weighted by Crippen LogP contribution is -2.25. The number of anilines is 1. The molecule has 1 aromatic heterocycles. The topological polar surface area (TPSA) is 88.2 Å². The summed E-state index contributed by atoms with van der Waals surface area (Å²) in [5.74, 6) is 0.592. The minimum atomic E-state index is -0.181. The molecule has 10 heteroatoms. The summed E-state index contributed by atoms with van der Waals surface area (Å²) in [6.07, 6.45) is 1.70. The van der Waals surface area contributed by atoms with Crippen LogP contribution >= 0.6 is 43.2 Å². The summed E-state index contributed by atoms with van der Waals surface area (Å²) in [7, 11) is 0. The van der Waals surface area contributed by atoms with Crippen LogP contribution in [0.15, 0.2) is 54.8 Å². The molecule has 2 heterocycles. The highest BCUT2D eigenvalue weighted by Crippen LogP contribution is 2.34. The number of fused-ring (bicyclic) bond motifs is 1. The van der Waals surface area contributed by atoms with E-state index in [2.05, 4.69) is 47.3 Å². The van der Waals surface area contributed by atoms with E-state index in [1.807, 2.05) is 37.4 Å². The van der Waals surface area contributed by atoms with Gasteiger partial charge in [0.25, 0.3) is 5.91 Å². The fourth-order valence-corrected chi connectivity index (χ4v) is 5.14. The van der Waals surface area contributed by atoms with Crippen LogP contribution in [-0.2, 0) is 4.79 Å². The molecule has 1 amide bonds. The molecule has 1 aliphatic rings. The molecule has 4 rings (SSSR count). The quantitative estimate of drug-likeness (QED) is 0.438. The molecule has 2 aromatic carbocycles. The number of phenols is 1. The van der Waals surface area contributed by atoms with Gasteiger partial charge >= 0.3 is 0 Å². The largest absolute Gasteiger partial charge is 0.506 e. The Morgan fingerprint density at radius 1 is 1.26 bits per heavy atom. The number of thiazole rings is 1. The number of phenolic OH excluding ortho intramolecular Hbond substituents is 1. The van der Waals surface area contributed by atoms with Crippen molar-refractivity contribution in [2.45, 2.75) is 19.9 Å². The zero-order valence-electron chi connectivity index (χ0n) is 16.6. The monoisotopic (exact) mass is 564 g/mol. The number of carbonyl (C=O) groups is 1. The highest BCUT2D eigenvalue weighted by atomic mass is 79.9. The van der Waals surface area contributed by atoms with Crippen LogP contribution < -0.4 is 14.9 Å². The molecule has 0 bridgehead atoms. The number of aromatic nitrogens is 1. The summed E-state index contributed by atoms with van der Waals surface area (Å²) in [6.45, 7) is 4.03. The molecule has 3 aromatic rings. The fraction of sp³-hybridized carbons (Fsp3) is 0.190. The Morgan fingerprint density at radius 3 is 2.71 bits per heavy atom. The van der Waals surface area contributed by atoms with Gasteiger partial charge in [-0.25, -0.2) is 4.68 Å².